The first-order chi connectivity index (χ1) is 24.8. The standard InChI is InChI=1S/C31H32F6O15S2/c1-6-9(4-11(53-6)27(48)51-24-19(43)16(40)15(39)17(41)20(24)44)13-14(30(34,35)31(36,37)29(13,32)33)10-5-12(54-7(10)2)28(49)52-26-22(46)18(42)21(45)25(23(26)47)50-8(3)38/h4-5,15-26,39-47H,1-3H3/t15?,16-,17+,18-,19+,20-,21-,22+,23-,24?,25+,26+/m1/s1. The van der Waals surface area contributed by atoms with Crippen LogP contribution in [0.3, 0.4) is 0 Å². The Balaban J connectivity index is 1.53. The number of hydrogen-bond acceptors (Lipinski definition) is 17. The summed E-state index contributed by atoms with van der Waals surface area (Å²) >= 11 is 0.557. The third-order valence-electron chi connectivity index (χ3n) is 9.35. The van der Waals surface area contributed by atoms with Crippen LogP contribution in [0, 0.1) is 13.8 Å². The van der Waals surface area contributed by atoms with Gasteiger partial charge in [0.25, 0.3) is 0 Å². The number of allylic oxidation sites excluding steroid dienone is 2. The molecule has 2 saturated carbocycles. The van der Waals surface area contributed by atoms with Crippen molar-refractivity contribution in [3.8, 4) is 0 Å². The molecule has 0 aliphatic heterocycles. The largest absolute Gasteiger partial charge is 0.457 e. The lowest BCUT2D eigenvalue weighted by Gasteiger charge is -2.42. The third-order valence-corrected chi connectivity index (χ3v) is 11.4. The Kier molecular flexibility index (Phi) is 11.2. The number of thiophene rings is 2. The van der Waals surface area contributed by atoms with Gasteiger partial charge in [0.05, 0.1) is 0 Å². The molecule has 3 aliphatic carbocycles. The van der Waals surface area contributed by atoms with Crippen molar-refractivity contribution in [2.75, 3.05) is 0 Å². The molecule has 0 aromatic carbocycles. The van der Waals surface area contributed by atoms with Gasteiger partial charge in [0.2, 0.25) is 0 Å². The summed E-state index contributed by atoms with van der Waals surface area (Å²) in [7, 11) is 0. The number of alkyl halides is 6. The summed E-state index contributed by atoms with van der Waals surface area (Å²) in [5, 5.41) is 91.2. The van der Waals surface area contributed by atoms with E-state index in [1.165, 1.54) is 0 Å². The predicted octanol–water partition coefficient (Wildman–Crippen LogP) is -0.485. The maximum absolute atomic E-state index is 15.6. The number of aliphatic hydroxyl groups excluding tert-OH is 9. The van der Waals surface area contributed by atoms with Gasteiger partial charge in [-0.25, -0.2) is 9.59 Å². The van der Waals surface area contributed by atoms with Crippen LogP contribution in [-0.2, 0) is 19.0 Å². The van der Waals surface area contributed by atoms with E-state index in [0.29, 0.717) is 12.1 Å². The first-order valence-electron chi connectivity index (χ1n) is 15.6. The van der Waals surface area contributed by atoms with Crippen molar-refractivity contribution < 1.29 is 101 Å². The molecule has 2 heterocycles. The Bertz CT molecular complexity index is 1830. The number of hydrogen-bond donors (Lipinski definition) is 9. The molecule has 54 heavy (non-hydrogen) atoms. The first-order valence-corrected chi connectivity index (χ1v) is 17.2. The van der Waals surface area contributed by atoms with Gasteiger partial charge in [-0.05, 0) is 37.1 Å². The van der Waals surface area contributed by atoms with Crippen LogP contribution in [0.2, 0.25) is 0 Å². The van der Waals surface area contributed by atoms with Crippen LogP contribution in [0.15, 0.2) is 12.1 Å². The van der Waals surface area contributed by atoms with Gasteiger partial charge in [-0.15, -0.1) is 22.7 Å². The Labute approximate surface area is 306 Å². The molecule has 0 radical (unpaired) electrons. The fraction of sp³-hybridized carbons (Fsp3) is 0.581. The van der Waals surface area contributed by atoms with Crippen LogP contribution in [0.1, 0.15) is 47.1 Å². The fourth-order valence-electron chi connectivity index (χ4n) is 6.45. The van der Waals surface area contributed by atoms with E-state index < -0.39 is 151 Å². The van der Waals surface area contributed by atoms with Gasteiger partial charge in [-0.1, -0.05) is 0 Å². The van der Waals surface area contributed by atoms with Crippen molar-refractivity contribution >= 4 is 51.7 Å². The minimum Gasteiger partial charge on any atom is -0.457 e. The van der Waals surface area contributed by atoms with Gasteiger partial charge < -0.3 is 60.2 Å². The molecule has 300 valence electrons. The molecule has 0 bridgehead atoms. The Morgan fingerprint density at radius 2 is 0.833 bits per heavy atom. The molecular weight excluding hydrogens is 790 g/mol. The number of halogens is 6. The number of carbonyl (C=O) groups is 3. The van der Waals surface area contributed by atoms with E-state index in [9.17, 15) is 60.3 Å². The predicted molar refractivity (Wildman–Crippen MR) is 168 cm³/mol. The highest BCUT2D eigenvalue weighted by Gasteiger charge is 2.80. The lowest BCUT2D eigenvalue weighted by atomic mass is 9.84. The van der Waals surface area contributed by atoms with Gasteiger partial charge in [0.1, 0.15) is 64.7 Å². The average molecular weight is 823 g/mol. The normalized spacial score (nSPS) is 35.8. The summed E-state index contributed by atoms with van der Waals surface area (Å²) in [5.41, 5.74) is -5.93. The van der Waals surface area contributed by atoms with Crippen molar-refractivity contribution in [2.24, 2.45) is 0 Å². The van der Waals surface area contributed by atoms with Crippen molar-refractivity contribution in [3.63, 3.8) is 0 Å². The molecule has 9 N–H and O–H groups in total. The summed E-state index contributed by atoms with van der Waals surface area (Å²) in [6, 6.07) is 0.988. The van der Waals surface area contributed by atoms with Crippen molar-refractivity contribution in [1.29, 1.82) is 0 Å². The van der Waals surface area contributed by atoms with Crippen molar-refractivity contribution in [1.82, 2.24) is 0 Å². The number of rotatable bonds is 7. The van der Waals surface area contributed by atoms with E-state index in [-0.39, 0.29) is 22.7 Å². The van der Waals surface area contributed by atoms with Crippen LogP contribution >= 0.6 is 22.7 Å². The highest BCUT2D eigenvalue weighted by molar-refractivity contribution is 7.14. The van der Waals surface area contributed by atoms with E-state index in [1.807, 2.05) is 0 Å². The minimum absolute atomic E-state index is 0.276. The fourth-order valence-corrected chi connectivity index (χ4v) is 8.26. The van der Waals surface area contributed by atoms with E-state index in [1.54, 1.807) is 0 Å². The van der Waals surface area contributed by atoms with Gasteiger partial charge >= 0.3 is 35.7 Å². The van der Waals surface area contributed by atoms with Crippen LogP contribution in [0.5, 0.6) is 0 Å². The highest BCUT2D eigenvalue weighted by Crippen LogP contribution is 2.65. The van der Waals surface area contributed by atoms with E-state index in [2.05, 4.69) is 0 Å². The number of esters is 3. The topological polar surface area (TPSA) is 261 Å². The molecule has 23 heteroatoms. The van der Waals surface area contributed by atoms with Gasteiger partial charge in [0, 0.05) is 27.8 Å². The molecule has 5 rings (SSSR count). The maximum Gasteiger partial charge on any atom is 0.380 e. The van der Waals surface area contributed by atoms with Gasteiger partial charge in [-0.2, -0.15) is 26.3 Å². The number of aliphatic hydroxyl groups is 9. The number of ether oxygens (including phenoxy) is 3. The van der Waals surface area contributed by atoms with E-state index in [0.717, 1.165) is 20.8 Å². The summed E-state index contributed by atoms with van der Waals surface area (Å²) in [4.78, 5) is 35.3. The van der Waals surface area contributed by atoms with Gasteiger partial charge in [-0.3, -0.25) is 4.79 Å². The quantitative estimate of drug-likeness (QED) is 0.0971. The molecule has 2 unspecified atom stereocenters. The SMILES string of the molecule is CC(=O)O[C@@H]1[C@@H](O)[C@@H](OC(=O)c2cc(C3=C(c4cc(C(=O)OC5[C@@H](O)[C@H](O)C(O)[C@H](O)[C@H]5O)sc4C)C(F)(F)C(F)(F)C3(F)F)c(C)s2)[C@@H](O)[C@H](O)[C@H]1O. The minimum atomic E-state index is -6.10. The third kappa shape index (κ3) is 6.51. The molecule has 12 atom stereocenters. The number of carbonyl (C=O) groups excluding carboxylic acids is 3. The molecule has 3 aliphatic rings. The van der Waals surface area contributed by atoms with Crippen molar-refractivity contribution in [2.45, 2.75) is 112 Å². The van der Waals surface area contributed by atoms with E-state index in [4.69, 9.17) is 14.2 Å². The zero-order valence-electron chi connectivity index (χ0n) is 27.6. The Hall–Kier alpha value is -3.23. The summed E-state index contributed by atoms with van der Waals surface area (Å²) in [6.07, 6.45) is -25.5. The second kappa shape index (κ2) is 14.4. The summed E-state index contributed by atoms with van der Waals surface area (Å²) < 4.78 is 107. The molecule has 0 spiro atoms. The molecule has 2 aromatic rings. The monoisotopic (exact) mass is 822 g/mol. The van der Waals surface area contributed by atoms with Crippen LogP contribution in [0.4, 0.5) is 26.3 Å². The molecule has 0 amide bonds. The highest BCUT2D eigenvalue weighted by atomic mass is 32.1. The molecular formula is C31H32F6O15S2. The second-order valence-electron chi connectivity index (χ2n) is 12.9. The zero-order valence-corrected chi connectivity index (χ0v) is 29.3. The van der Waals surface area contributed by atoms with Crippen LogP contribution < -0.4 is 0 Å². The molecule has 15 nitrogen and oxygen atoms in total. The lowest BCUT2D eigenvalue weighted by Crippen LogP contribution is -2.65. The maximum atomic E-state index is 15.6. The lowest BCUT2D eigenvalue weighted by molar-refractivity contribution is -0.254. The summed E-state index contributed by atoms with van der Waals surface area (Å²) in [6.45, 7) is 2.86. The number of aryl methyl sites for hydroxylation is 2. The zero-order chi connectivity index (χ0) is 40.7. The van der Waals surface area contributed by atoms with E-state index >= 15 is 26.3 Å². The molecule has 0 saturated heterocycles. The van der Waals surface area contributed by atoms with Crippen LogP contribution in [-0.4, -0.2) is 155 Å². The molecule has 2 aromatic heterocycles. The smallest absolute Gasteiger partial charge is 0.380 e. The van der Waals surface area contributed by atoms with Crippen LogP contribution in [0.25, 0.3) is 11.1 Å². The summed E-state index contributed by atoms with van der Waals surface area (Å²) in [5.74, 6) is -21.6. The Morgan fingerprint density at radius 3 is 1.19 bits per heavy atom. The average Bonchev–Trinajstić information content (AvgIpc) is 3.70. The first kappa shape index (κ1) is 41.9. The Morgan fingerprint density at radius 1 is 0.537 bits per heavy atom. The second-order valence-corrected chi connectivity index (χ2v) is 15.4. The molecule has 2 fully saturated rings. The van der Waals surface area contributed by atoms with Gasteiger partial charge in [0.15, 0.2) is 18.3 Å². The van der Waals surface area contributed by atoms with Crippen molar-refractivity contribution in [3.05, 3.63) is 42.8 Å².